The Labute approximate surface area is 99.9 Å². The van der Waals surface area contributed by atoms with Gasteiger partial charge in [-0.1, -0.05) is 0 Å². The van der Waals surface area contributed by atoms with Crippen LogP contribution in [0.15, 0.2) is 0 Å². The van der Waals surface area contributed by atoms with Crippen LogP contribution in [-0.4, -0.2) is 60.3 Å². The van der Waals surface area contributed by atoms with E-state index < -0.39 is 12.1 Å². The fraction of sp³-hybridized carbons (Fsp3) is 0.909. The topological polar surface area (TPSA) is 88.0 Å². The third kappa shape index (κ3) is 3.64. The van der Waals surface area contributed by atoms with Gasteiger partial charge in [0.05, 0.1) is 37.9 Å². The maximum atomic E-state index is 10.6. The summed E-state index contributed by atoms with van der Waals surface area (Å²) < 4.78 is 11.1. The lowest BCUT2D eigenvalue weighted by Gasteiger charge is -2.38. The minimum atomic E-state index is -0.830. The number of ether oxygens (including phenoxy) is 2. The Morgan fingerprint density at radius 2 is 2.18 bits per heavy atom. The van der Waals surface area contributed by atoms with Crippen LogP contribution in [0.3, 0.4) is 0 Å². The van der Waals surface area contributed by atoms with Crippen LogP contribution in [0.4, 0.5) is 0 Å². The SMILES string of the molecule is O=C(O)C[C@@H]1CC[C@H]2NC[C@H](O)COC[C@@H]2O1. The summed E-state index contributed by atoms with van der Waals surface area (Å²) in [5, 5.41) is 21.5. The molecule has 0 aliphatic carbocycles. The van der Waals surface area contributed by atoms with Crippen molar-refractivity contribution in [3.8, 4) is 0 Å². The molecule has 0 radical (unpaired) electrons. The summed E-state index contributed by atoms with van der Waals surface area (Å²) in [6, 6.07) is 0.148. The van der Waals surface area contributed by atoms with Crippen molar-refractivity contribution in [3.63, 3.8) is 0 Å². The molecule has 2 heterocycles. The first-order chi connectivity index (χ1) is 8.15. The van der Waals surface area contributed by atoms with E-state index in [2.05, 4.69) is 5.32 Å². The number of rotatable bonds is 2. The molecule has 6 heteroatoms. The van der Waals surface area contributed by atoms with Gasteiger partial charge in [-0.25, -0.2) is 0 Å². The Morgan fingerprint density at radius 1 is 1.35 bits per heavy atom. The number of hydrogen-bond donors (Lipinski definition) is 3. The van der Waals surface area contributed by atoms with Gasteiger partial charge in [0.25, 0.3) is 0 Å². The second-order valence-corrected chi connectivity index (χ2v) is 4.68. The van der Waals surface area contributed by atoms with Gasteiger partial charge in [-0.05, 0) is 12.8 Å². The predicted molar refractivity (Wildman–Crippen MR) is 58.8 cm³/mol. The third-order valence-electron chi connectivity index (χ3n) is 3.23. The monoisotopic (exact) mass is 245 g/mol. The standard InChI is InChI=1S/C11H19NO5/c13-7-4-12-9-2-1-8(3-11(14)15)17-10(9)6-16-5-7/h7-10,12-13H,1-6H2,(H,14,15)/t7-,8-,9+,10-/m0/s1. The summed E-state index contributed by atoms with van der Waals surface area (Å²) in [5.41, 5.74) is 0. The zero-order chi connectivity index (χ0) is 12.3. The number of aliphatic carboxylic acids is 1. The summed E-state index contributed by atoms with van der Waals surface area (Å²) in [4.78, 5) is 10.6. The highest BCUT2D eigenvalue weighted by Crippen LogP contribution is 2.23. The van der Waals surface area contributed by atoms with E-state index >= 15 is 0 Å². The first kappa shape index (κ1) is 12.8. The van der Waals surface area contributed by atoms with E-state index in [0.717, 1.165) is 12.8 Å². The van der Waals surface area contributed by atoms with Crippen molar-refractivity contribution in [1.82, 2.24) is 5.32 Å². The molecule has 0 saturated carbocycles. The molecule has 98 valence electrons. The van der Waals surface area contributed by atoms with Crippen molar-refractivity contribution in [2.24, 2.45) is 0 Å². The maximum Gasteiger partial charge on any atom is 0.305 e. The van der Waals surface area contributed by atoms with Gasteiger partial charge in [-0.15, -0.1) is 0 Å². The van der Waals surface area contributed by atoms with Crippen molar-refractivity contribution in [2.75, 3.05) is 19.8 Å². The second kappa shape index (κ2) is 5.77. The summed E-state index contributed by atoms with van der Waals surface area (Å²) in [7, 11) is 0. The summed E-state index contributed by atoms with van der Waals surface area (Å²) in [6.45, 7) is 1.20. The van der Waals surface area contributed by atoms with Crippen LogP contribution in [-0.2, 0) is 14.3 Å². The van der Waals surface area contributed by atoms with Crippen LogP contribution < -0.4 is 5.32 Å². The number of fused-ring (bicyclic) bond motifs is 1. The number of aliphatic hydroxyl groups excluding tert-OH is 1. The van der Waals surface area contributed by atoms with Crippen LogP contribution in [0, 0.1) is 0 Å². The van der Waals surface area contributed by atoms with E-state index in [9.17, 15) is 9.90 Å². The number of aliphatic hydroxyl groups is 1. The molecule has 6 nitrogen and oxygen atoms in total. The fourth-order valence-corrected chi connectivity index (χ4v) is 2.36. The lowest BCUT2D eigenvalue weighted by molar-refractivity contribution is -0.149. The zero-order valence-corrected chi connectivity index (χ0v) is 9.67. The molecule has 0 amide bonds. The molecule has 0 aromatic heterocycles. The Morgan fingerprint density at radius 3 is 2.94 bits per heavy atom. The van der Waals surface area contributed by atoms with E-state index in [4.69, 9.17) is 14.6 Å². The molecular formula is C11H19NO5. The molecule has 0 aromatic rings. The molecule has 0 spiro atoms. The van der Waals surface area contributed by atoms with Gasteiger partial charge in [-0.2, -0.15) is 0 Å². The minimum absolute atomic E-state index is 0.0475. The highest BCUT2D eigenvalue weighted by atomic mass is 16.5. The summed E-state index contributed by atoms with van der Waals surface area (Å²) >= 11 is 0. The first-order valence-electron chi connectivity index (χ1n) is 6.01. The van der Waals surface area contributed by atoms with E-state index in [1.165, 1.54) is 0 Å². The predicted octanol–water partition coefficient (Wildman–Crippen LogP) is -0.642. The van der Waals surface area contributed by atoms with Crippen LogP contribution in [0.25, 0.3) is 0 Å². The van der Waals surface area contributed by atoms with Crippen LogP contribution in [0.5, 0.6) is 0 Å². The summed E-state index contributed by atoms with van der Waals surface area (Å²) in [6.07, 6.45) is 0.831. The van der Waals surface area contributed by atoms with Gasteiger partial charge in [-0.3, -0.25) is 4.79 Å². The third-order valence-corrected chi connectivity index (χ3v) is 3.23. The molecule has 2 aliphatic rings. The number of β-amino-alcohol motifs (C(OH)–C–C–N with tert-alkyl or cyclic N) is 1. The second-order valence-electron chi connectivity index (χ2n) is 4.68. The van der Waals surface area contributed by atoms with Crippen molar-refractivity contribution in [3.05, 3.63) is 0 Å². The number of carboxylic acids is 1. The van der Waals surface area contributed by atoms with E-state index in [0.29, 0.717) is 19.8 Å². The molecule has 3 N–H and O–H groups in total. The quantitative estimate of drug-likeness (QED) is 0.599. The molecule has 2 saturated heterocycles. The Kier molecular flexibility index (Phi) is 4.33. The van der Waals surface area contributed by atoms with Gasteiger partial charge in [0, 0.05) is 12.6 Å². The number of carboxylic acid groups (broad SMARTS) is 1. The Balaban J connectivity index is 1.88. The molecule has 17 heavy (non-hydrogen) atoms. The maximum absolute atomic E-state index is 10.6. The molecule has 2 rings (SSSR count). The normalized spacial score (nSPS) is 38.9. The van der Waals surface area contributed by atoms with Gasteiger partial charge in [0.1, 0.15) is 0 Å². The molecule has 2 fully saturated rings. The highest BCUT2D eigenvalue weighted by Gasteiger charge is 2.33. The van der Waals surface area contributed by atoms with Crippen molar-refractivity contribution in [1.29, 1.82) is 0 Å². The van der Waals surface area contributed by atoms with Crippen LogP contribution in [0.2, 0.25) is 0 Å². The lowest BCUT2D eigenvalue weighted by atomic mass is 9.96. The number of nitrogens with one attached hydrogen (secondary N) is 1. The highest BCUT2D eigenvalue weighted by molar-refractivity contribution is 5.67. The van der Waals surface area contributed by atoms with Crippen LogP contribution >= 0.6 is 0 Å². The van der Waals surface area contributed by atoms with Crippen molar-refractivity contribution in [2.45, 2.75) is 43.6 Å². The zero-order valence-electron chi connectivity index (χ0n) is 9.67. The smallest absolute Gasteiger partial charge is 0.305 e. The van der Waals surface area contributed by atoms with Crippen molar-refractivity contribution >= 4 is 5.97 Å². The average molecular weight is 245 g/mol. The fourth-order valence-electron chi connectivity index (χ4n) is 2.36. The van der Waals surface area contributed by atoms with E-state index in [1.54, 1.807) is 0 Å². The Bertz CT molecular complexity index is 273. The summed E-state index contributed by atoms with van der Waals surface area (Å²) in [5.74, 6) is -0.830. The molecule has 2 aliphatic heterocycles. The molecule has 0 bridgehead atoms. The van der Waals surface area contributed by atoms with E-state index in [1.807, 2.05) is 0 Å². The lowest BCUT2D eigenvalue weighted by Crippen LogP contribution is -2.53. The average Bonchev–Trinajstić information content (AvgIpc) is 2.24. The van der Waals surface area contributed by atoms with Crippen LogP contribution in [0.1, 0.15) is 19.3 Å². The first-order valence-corrected chi connectivity index (χ1v) is 6.01. The largest absolute Gasteiger partial charge is 0.481 e. The van der Waals surface area contributed by atoms with Gasteiger partial charge < -0.3 is 25.0 Å². The molecular weight excluding hydrogens is 226 g/mol. The van der Waals surface area contributed by atoms with Gasteiger partial charge in [0.15, 0.2) is 0 Å². The van der Waals surface area contributed by atoms with Crippen molar-refractivity contribution < 1.29 is 24.5 Å². The molecule has 4 atom stereocenters. The molecule has 0 aromatic carbocycles. The number of carbonyl (C=O) groups is 1. The Hall–Kier alpha value is -0.690. The number of hydrogen-bond acceptors (Lipinski definition) is 5. The van der Waals surface area contributed by atoms with Gasteiger partial charge in [0.2, 0.25) is 0 Å². The minimum Gasteiger partial charge on any atom is -0.481 e. The molecule has 0 unspecified atom stereocenters. The van der Waals surface area contributed by atoms with E-state index in [-0.39, 0.29) is 24.7 Å². The van der Waals surface area contributed by atoms with Gasteiger partial charge >= 0.3 is 5.97 Å².